The Morgan fingerprint density at radius 3 is 2.45 bits per heavy atom. The smallest absolute Gasteiger partial charge is 0.155 e. The summed E-state index contributed by atoms with van der Waals surface area (Å²) in [6, 6.07) is 8.01. The molecule has 3 nitrogen and oxygen atoms in total. The van der Waals surface area contributed by atoms with Crippen LogP contribution in [0.5, 0.6) is 0 Å². The molecule has 0 saturated heterocycles. The summed E-state index contributed by atoms with van der Waals surface area (Å²) in [5.74, 6) is 1.36. The molecule has 1 atom stereocenters. The van der Waals surface area contributed by atoms with Crippen LogP contribution in [0.15, 0.2) is 41.8 Å². The van der Waals surface area contributed by atoms with E-state index in [1.807, 2.05) is 43.3 Å². The van der Waals surface area contributed by atoms with E-state index < -0.39 is 0 Å². The third-order valence-corrected chi connectivity index (χ3v) is 4.08. The summed E-state index contributed by atoms with van der Waals surface area (Å²) in [6.45, 7) is 2.18. The number of anilines is 1. The lowest BCUT2D eigenvalue weighted by Crippen LogP contribution is -2.14. The standard InChI is InChI=1S/C16H17N3S/c1-11-8-9-20-14(10-11)15-16(19(2)3)18-13-7-5-4-6-12(13)17-15/h4-11H,1-3H3. The van der Waals surface area contributed by atoms with E-state index in [9.17, 15) is 0 Å². The third-order valence-electron chi connectivity index (χ3n) is 3.20. The maximum Gasteiger partial charge on any atom is 0.155 e. The predicted octanol–water partition coefficient (Wildman–Crippen LogP) is 3.93. The van der Waals surface area contributed by atoms with E-state index >= 15 is 0 Å². The fourth-order valence-corrected chi connectivity index (χ4v) is 3.19. The Morgan fingerprint density at radius 1 is 1.10 bits per heavy atom. The van der Waals surface area contributed by atoms with Crippen LogP contribution < -0.4 is 4.90 Å². The maximum atomic E-state index is 4.83. The van der Waals surface area contributed by atoms with Crippen molar-refractivity contribution in [3.63, 3.8) is 0 Å². The highest BCUT2D eigenvalue weighted by atomic mass is 32.2. The number of rotatable bonds is 2. The summed E-state index contributed by atoms with van der Waals surface area (Å²) >= 11 is 1.71. The van der Waals surface area contributed by atoms with Gasteiger partial charge in [0, 0.05) is 19.0 Å². The van der Waals surface area contributed by atoms with Gasteiger partial charge in [0.05, 0.1) is 11.0 Å². The van der Waals surface area contributed by atoms with E-state index in [-0.39, 0.29) is 0 Å². The van der Waals surface area contributed by atoms with Gasteiger partial charge < -0.3 is 4.90 Å². The largest absolute Gasteiger partial charge is 0.361 e. The molecule has 1 aromatic heterocycles. The number of nitrogens with zero attached hydrogens (tertiary/aromatic N) is 3. The van der Waals surface area contributed by atoms with Gasteiger partial charge in [-0.15, -0.1) is 0 Å². The summed E-state index contributed by atoms with van der Waals surface area (Å²) < 4.78 is 0. The van der Waals surface area contributed by atoms with Crippen LogP contribution in [0.1, 0.15) is 12.6 Å². The van der Waals surface area contributed by atoms with Gasteiger partial charge in [-0.1, -0.05) is 43.0 Å². The topological polar surface area (TPSA) is 29.0 Å². The van der Waals surface area contributed by atoms with Crippen molar-refractivity contribution in [2.24, 2.45) is 5.92 Å². The van der Waals surface area contributed by atoms with Crippen LogP contribution in [-0.2, 0) is 0 Å². The first-order chi connectivity index (χ1) is 9.65. The quantitative estimate of drug-likeness (QED) is 0.835. The van der Waals surface area contributed by atoms with Crippen LogP contribution in [-0.4, -0.2) is 24.1 Å². The number of fused-ring (bicyclic) bond motifs is 1. The minimum Gasteiger partial charge on any atom is -0.361 e. The molecule has 0 amide bonds. The summed E-state index contributed by atoms with van der Waals surface area (Å²) in [5, 5.41) is 2.14. The van der Waals surface area contributed by atoms with Crippen molar-refractivity contribution in [3.05, 3.63) is 47.5 Å². The molecule has 4 heteroatoms. The lowest BCUT2D eigenvalue weighted by molar-refractivity contribution is 0.943. The number of benzene rings is 1. The summed E-state index contributed by atoms with van der Waals surface area (Å²) in [4.78, 5) is 12.8. The zero-order valence-corrected chi connectivity index (χ0v) is 12.7. The zero-order valence-electron chi connectivity index (χ0n) is 11.9. The number of allylic oxidation sites excluding steroid dienone is 2. The van der Waals surface area contributed by atoms with Gasteiger partial charge in [0.2, 0.25) is 0 Å². The van der Waals surface area contributed by atoms with Crippen molar-refractivity contribution in [2.45, 2.75) is 6.92 Å². The molecule has 102 valence electrons. The first kappa shape index (κ1) is 13.2. The fraction of sp³-hybridized carbons (Fsp3) is 0.250. The molecule has 3 rings (SSSR count). The van der Waals surface area contributed by atoms with Crippen molar-refractivity contribution >= 4 is 33.5 Å². The molecule has 0 spiro atoms. The molecule has 1 unspecified atom stereocenters. The Hall–Kier alpha value is -1.81. The van der Waals surface area contributed by atoms with Gasteiger partial charge in [0.1, 0.15) is 5.69 Å². The Balaban J connectivity index is 2.20. The molecular formula is C16H17N3S. The molecule has 0 fully saturated rings. The predicted molar refractivity (Wildman–Crippen MR) is 87.7 cm³/mol. The number of thioether (sulfide) groups is 1. The highest BCUT2D eigenvalue weighted by Crippen LogP contribution is 2.37. The zero-order chi connectivity index (χ0) is 14.1. The molecule has 0 saturated carbocycles. The maximum absolute atomic E-state index is 4.83. The van der Waals surface area contributed by atoms with Crippen LogP contribution in [0, 0.1) is 5.92 Å². The minimum absolute atomic E-state index is 0.439. The van der Waals surface area contributed by atoms with Gasteiger partial charge in [-0.3, -0.25) is 0 Å². The van der Waals surface area contributed by atoms with Crippen LogP contribution in [0.3, 0.4) is 0 Å². The average molecular weight is 283 g/mol. The van der Waals surface area contributed by atoms with Crippen molar-refractivity contribution in [1.29, 1.82) is 0 Å². The Morgan fingerprint density at radius 2 is 1.80 bits per heavy atom. The average Bonchev–Trinajstić information content (AvgIpc) is 2.46. The van der Waals surface area contributed by atoms with Crippen molar-refractivity contribution in [2.75, 3.05) is 19.0 Å². The summed E-state index contributed by atoms with van der Waals surface area (Å²) in [5.41, 5.74) is 2.84. The molecule has 1 aromatic carbocycles. The van der Waals surface area contributed by atoms with Crippen molar-refractivity contribution in [3.8, 4) is 0 Å². The Labute approximate surface area is 123 Å². The summed E-state index contributed by atoms with van der Waals surface area (Å²) in [7, 11) is 4.02. The van der Waals surface area contributed by atoms with E-state index in [2.05, 4.69) is 24.5 Å². The molecule has 20 heavy (non-hydrogen) atoms. The van der Waals surface area contributed by atoms with E-state index in [0.29, 0.717) is 5.92 Å². The van der Waals surface area contributed by atoms with Crippen LogP contribution >= 0.6 is 11.8 Å². The number of para-hydroxylation sites is 2. The van der Waals surface area contributed by atoms with Crippen molar-refractivity contribution < 1.29 is 0 Å². The fourth-order valence-electron chi connectivity index (χ4n) is 2.17. The number of hydrogen-bond acceptors (Lipinski definition) is 4. The van der Waals surface area contributed by atoms with Gasteiger partial charge in [-0.25, -0.2) is 9.97 Å². The van der Waals surface area contributed by atoms with E-state index in [1.165, 1.54) is 4.91 Å². The van der Waals surface area contributed by atoms with Crippen LogP contribution in [0.4, 0.5) is 5.82 Å². The van der Waals surface area contributed by atoms with E-state index in [0.717, 1.165) is 22.5 Å². The second-order valence-electron chi connectivity index (χ2n) is 5.12. The first-order valence-electron chi connectivity index (χ1n) is 6.65. The minimum atomic E-state index is 0.439. The lowest BCUT2D eigenvalue weighted by atomic mass is 10.1. The van der Waals surface area contributed by atoms with Crippen LogP contribution in [0.2, 0.25) is 0 Å². The van der Waals surface area contributed by atoms with E-state index in [1.54, 1.807) is 11.8 Å². The molecule has 0 bridgehead atoms. The van der Waals surface area contributed by atoms with Gasteiger partial charge in [0.25, 0.3) is 0 Å². The van der Waals surface area contributed by atoms with E-state index in [4.69, 9.17) is 9.97 Å². The van der Waals surface area contributed by atoms with Crippen molar-refractivity contribution in [1.82, 2.24) is 9.97 Å². The molecule has 1 aliphatic heterocycles. The Bertz CT molecular complexity index is 704. The third kappa shape index (κ3) is 2.43. The lowest BCUT2D eigenvalue weighted by Gasteiger charge is -2.19. The molecule has 0 aliphatic carbocycles. The molecule has 2 heterocycles. The molecule has 1 aliphatic rings. The second kappa shape index (κ2) is 5.29. The highest BCUT2D eigenvalue weighted by molar-refractivity contribution is 8.11. The van der Waals surface area contributed by atoms with Gasteiger partial charge >= 0.3 is 0 Å². The SMILES string of the molecule is CC1C=CSC(c2nc3ccccc3nc2N(C)C)=C1. The summed E-state index contributed by atoms with van der Waals surface area (Å²) in [6.07, 6.45) is 4.44. The highest BCUT2D eigenvalue weighted by Gasteiger charge is 2.17. The second-order valence-corrected chi connectivity index (χ2v) is 6.06. The molecule has 0 radical (unpaired) electrons. The normalized spacial score (nSPS) is 18.1. The van der Waals surface area contributed by atoms with Gasteiger partial charge in [-0.2, -0.15) is 0 Å². The van der Waals surface area contributed by atoms with Crippen LogP contribution in [0.25, 0.3) is 15.9 Å². The molecule has 0 N–H and O–H groups in total. The number of aromatic nitrogens is 2. The molecule has 2 aromatic rings. The first-order valence-corrected chi connectivity index (χ1v) is 7.53. The number of hydrogen-bond donors (Lipinski definition) is 0. The molecular weight excluding hydrogens is 266 g/mol. The van der Waals surface area contributed by atoms with Gasteiger partial charge in [-0.05, 0) is 23.5 Å². The monoisotopic (exact) mass is 283 g/mol. The Kier molecular flexibility index (Phi) is 3.49. The van der Waals surface area contributed by atoms with Gasteiger partial charge in [0.15, 0.2) is 5.82 Å².